The second-order valence-electron chi connectivity index (χ2n) is 6.98. The van der Waals surface area contributed by atoms with Crippen molar-refractivity contribution in [3.8, 4) is 0 Å². The molecule has 1 fully saturated rings. The first-order valence-electron chi connectivity index (χ1n) is 8.12. The maximum absolute atomic E-state index is 12.3. The van der Waals surface area contributed by atoms with Gasteiger partial charge in [-0.1, -0.05) is 30.3 Å². The fraction of sp³-hybridized carbons (Fsp3) is 0.556. The van der Waals surface area contributed by atoms with Crippen molar-refractivity contribution in [1.82, 2.24) is 4.90 Å². The summed E-state index contributed by atoms with van der Waals surface area (Å²) in [6.07, 6.45) is -0.0759. The Balaban J connectivity index is 1.99. The summed E-state index contributed by atoms with van der Waals surface area (Å²) in [5.41, 5.74) is 0.389. The van der Waals surface area contributed by atoms with Crippen molar-refractivity contribution in [2.24, 2.45) is 5.92 Å². The highest BCUT2D eigenvalue weighted by atomic mass is 16.6. The highest BCUT2D eigenvalue weighted by Crippen LogP contribution is 2.27. The average Bonchev–Trinajstić information content (AvgIpc) is 2.91. The molecule has 1 amide bonds. The number of rotatable bonds is 5. The monoisotopic (exact) mass is 335 g/mol. The first kappa shape index (κ1) is 18.3. The molecule has 0 aliphatic carbocycles. The second-order valence-corrected chi connectivity index (χ2v) is 6.98. The van der Waals surface area contributed by atoms with E-state index in [0.29, 0.717) is 19.6 Å². The van der Waals surface area contributed by atoms with E-state index in [1.807, 2.05) is 30.3 Å². The van der Waals surface area contributed by atoms with Gasteiger partial charge in [-0.15, -0.1) is 0 Å². The lowest BCUT2D eigenvalue weighted by Crippen LogP contribution is -2.45. The van der Waals surface area contributed by atoms with E-state index >= 15 is 0 Å². The summed E-state index contributed by atoms with van der Waals surface area (Å²) in [6, 6.07) is 9.12. The molecule has 0 spiro atoms. The van der Waals surface area contributed by atoms with Crippen LogP contribution in [0.15, 0.2) is 30.3 Å². The minimum Gasteiger partial charge on any atom is -0.481 e. The fourth-order valence-corrected chi connectivity index (χ4v) is 2.77. The van der Waals surface area contributed by atoms with Crippen molar-refractivity contribution in [2.75, 3.05) is 13.2 Å². The van der Waals surface area contributed by atoms with Gasteiger partial charge in [-0.2, -0.15) is 0 Å². The molecule has 1 aromatic carbocycles. The van der Waals surface area contributed by atoms with Gasteiger partial charge in [0.2, 0.25) is 0 Å². The van der Waals surface area contributed by atoms with Crippen molar-refractivity contribution in [2.45, 2.75) is 45.4 Å². The molecule has 0 aromatic heterocycles. The zero-order valence-corrected chi connectivity index (χ0v) is 14.4. The quantitative estimate of drug-likeness (QED) is 0.895. The Hall–Kier alpha value is -2.08. The Kier molecular flexibility index (Phi) is 5.83. The number of carboxylic acid groups (broad SMARTS) is 1. The van der Waals surface area contributed by atoms with Crippen LogP contribution in [0.3, 0.4) is 0 Å². The summed E-state index contributed by atoms with van der Waals surface area (Å²) in [5, 5.41) is 9.40. The van der Waals surface area contributed by atoms with Crippen LogP contribution in [0.4, 0.5) is 4.79 Å². The van der Waals surface area contributed by atoms with Crippen LogP contribution in [0.2, 0.25) is 0 Å². The molecule has 1 heterocycles. The molecule has 0 bridgehead atoms. The normalized spacial score (nSPS) is 20.9. The predicted molar refractivity (Wildman–Crippen MR) is 88.6 cm³/mol. The van der Waals surface area contributed by atoms with Crippen molar-refractivity contribution in [3.05, 3.63) is 35.9 Å². The van der Waals surface area contributed by atoms with E-state index in [1.54, 1.807) is 20.8 Å². The first-order valence-corrected chi connectivity index (χ1v) is 8.12. The molecule has 0 saturated carbocycles. The van der Waals surface area contributed by atoms with Crippen LogP contribution < -0.4 is 0 Å². The molecule has 2 atom stereocenters. The van der Waals surface area contributed by atoms with Crippen molar-refractivity contribution in [1.29, 1.82) is 0 Å². The third kappa shape index (κ3) is 4.96. The zero-order chi connectivity index (χ0) is 17.7. The number of ether oxygens (including phenoxy) is 2. The van der Waals surface area contributed by atoms with Crippen LogP contribution >= 0.6 is 0 Å². The van der Waals surface area contributed by atoms with E-state index in [0.717, 1.165) is 5.56 Å². The fourth-order valence-electron chi connectivity index (χ4n) is 2.77. The standard InChI is InChI=1S/C18H25NO5/c1-18(2,3)24-17(22)19-10-9-14(16(20)21)15(19)12-23-11-13-7-5-4-6-8-13/h4-8,14-15H,9-12H2,1-3H3,(H,20,21)/t14-,15+/m1/s1. The maximum atomic E-state index is 12.3. The van der Waals surface area contributed by atoms with E-state index in [9.17, 15) is 14.7 Å². The molecule has 1 saturated heterocycles. The molecular weight excluding hydrogens is 310 g/mol. The molecule has 0 radical (unpaired) electrons. The molecule has 132 valence electrons. The number of hydrogen-bond donors (Lipinski definition) is 1. The SMILES string of the molecule is CC(C)(C)OC(=O)N1CC[C@@H](C(=O)O)[C@@H]1COCc1ccccc1. The summed E-state index contributed by atoms with van der Waals surface area (Å²) in [7, 11) is 0. The van der Waals surface area contributed by atoms with Crippen molar-refractivity contribution in [3.63, 3.8) is 0 Å². The molecule has 6 heteroatoms. The number of amides is 1. The summed E-state index contributed by atoms with van der Waals surface area (Å²) >= 11 is 0. The lowest BCUT2D eigenvalue weighted by Gasteiger charge is -2.29. The van der Waals surface area contributed by atoms with E-state index in [1.165, 1.54) is 4.90 Å². The minimum atomic E-state index is -0.908. The number of benzene rings is 1. The Morgan fingerprint density at radius 1 is 1.25 bits per heavy atom. The molecule has 2 rings (SSSR count). The van der Waals surface area contributed by atoms with Gasteiger partial charge in [0.05, 0.1) is 25.2 Å². The molecule has 1 aliphatic heterocycles. The molecule has 1 N–H and O–H groups in total. The predicted octanol–water partition coefficient (Wildman–Crippen LogP) is 2.91. The molecule has 24 heavy (non-hydrogen) atoms. The molecule has 1 aliphatic rings. The largest absolute Gasteiger partial charge is 0.481 e. The summed E-state index contributed by atoms with van der Waals surface area (Å²) in [6.45, 7) is 6.28. The highest BCUT2D eigenvalue weighted by molar-refractivity contribution is 5.75. The smallest absolute Gasteiger partial charge is 0.410 e. The van der Waals surface area contributed by atoms with Gasteiger partial charge in [0.25, 0.3) is 0 Å². The number of nitrogens with zero attached hydrogens (tertiary/aromatic N) is 1. The third-order valence-corrected chi connectivity index (χ3v) is 3.89. The van der Waals surface area contributed by atoms with Crippen LogP contribution in [0.5, 0.6) is 0 Å². The van der Waals surface area contributed by atoms with Crippen molar-refractivity contribution < 1.29 is 24.2 Å². The number of carbonyl (C=O) groups is 2. The maximum Gasteiger partial charge on any atom is 0.410 e. The van der Waals surface area contributed by atoms with Gasteiger partial charge >= 0.3 is 12.1 Å². The van der Waals surface area contributed by atoms with E-state index in [-0.39, 0.29) is 6.61 Å². The van der Waals surface area contributed by atoms with E-state index in [4.69, 9.17) is 9.47 Å². The number of aliphatic carboxylic acids is 1. The second kappa shape index (κ2) is 7.66. The number of hydrogen-bond acceptors (Lipinski definition) is 4. The Morgan fingerprint density at radius 3 is 2.50 bits per heavy atom. The third-order valence-electron chi connectivity index (χ3n) is 3.89. The Labute approximate surface area is 142 Å². The number of carbonyl (C=O) groups excluding carboxylic acids is 1. The van der Waals surface area contributed by atoms with Gasteiger partial charge in [0.1, 0.15) is 5.60 Å². The molecule has 1 aromatic rings. The minimum absolute atomic E-state index is 0.172. The van der Waals surface area contributed by atoms with Crippen LogP contribution in [0, 0.1) is 5.92 Å². The average molecular weight is 335 g/mol. The molecular formula is C18H25NO5. The zero-order valence-electron chi connectivity index (χ0n) is 14.4. The van der Waals surface area contributed by atoms with Crippen LogP contribution in [-0.2, 0) is 20.9 Å². The van der Waals surface area contributed by atoms with Gasteiger partial charge in [-0.05, 0) is 32.8 Å². The summed E-state index contributed by atoms with van der Waals surface area (Å²) in [4.78, 5) is 25.3. The topological polar surface area (TPSA) is 76.1 Å². The van der Waals surface area contributed by atoms with Crippen LogP contribution in [-0.4, -0.2) is 46.9 Å². The summed E-state index contributed by atoms with van der Waals surface area (Å²) < 4.78 is 11.1. The van der Waals surface area contributed by atoms with Crippen molar-refractivity contribution >= 4 is 12.1 Å². The lowest BCUT2D eigenvalue weighted by molar-refractivity contribution is -0.143. The van der Waals surface area contributed by atoms with Gasteiger partial charge in [-0.25, -0.2) is 4.79 Å². The summed E-state index contributed by atoms with van der Waals surface area (Å²) in [5.74, 6) is -1.54. The van der Waals surface area contributed by atoms with Gasteiger partial charge < -0.3 is 19.5 Å². The molecule has 6 nitrogen and oxygen atoms in total. The van der Waals surface area contributed by atoms with Crippen LogP contribution in [0.25, 0.3) is 0 Å². The van der Waals surface area contributed by atoms with E-state index in [2.05, 4.69) is 0 Å². The Morgan fingerprint density at radius 2 is 1.92 bits per heavy atom. The Bertz CT molecular complexity index is 567. The van der Waals surface area contributed by atoms with Gasteiger partial charge in [0.15, 0.2) is 0 Å². The number of likely N-dealkylation sites (tertiary alicyclic amines) is 1. The van der Waals surface area contributed by atoms with Gasteiger partial charge in [-0.3, -0.25) is 4.79 Å². The van der Waals surface area contributed by atoms with Crippen LogP contribution in [0.1, 0.15) is 32.8 Å². The lowest BCUT2D eigenvalue weighted by atomic mass is 10.0. The first-order chi connectivity index (χ1) is 11.3. The number of carboxylic acids is 1. The molecule has 0 unspecified atom stereocenters. The van der Waals surface area contributed by atoms with E-state index < -0.39 is 29.6 Å². The van der Waals surface area contributed by atoms with Gasteiger partial charge in [0, 0.05) is 6.54 Å². The highest BCUT2D eigenvalue weighted by Gasteiger charge is 2.42.